The zero-order chi connectivity index (χ0) is 27.6. The van der Waals surface area contributed by atoms with Crippen LogP contribution >= 0.6 is 0 Å². The highest BCUT2D eigenvalue weighted by Crippen LogP contribution is 2.25. The van der Waals surface area contributed by atoms with Gasteiger partial charge in [0.25, 0.3) is 0 Å². The van der Waals surface area contributed by atoms with Gasteiger partial charge < -0.3 is 10.2 Å². The lowest BCUT2D eigenvalue weighted by atomic mass is 10.1. The minimum Gasteiger partial charge on any atom is -0.352 e. The van der Waals surface area contributed by atoms with Gasteiger partial charge in [-0.3, -0.25) is 13.9 Å². The number of aryl methyl sites for hydroxylation is 1. The van der Waals surface area contributed by atoms with Gasteiger partial charge in [-0.25, -0.2) is 8.42 Å². The van der Waals surface area contributed by atoms with Crippen molar-refractivity contribution in [3.8, 4) is 0 Å². The maximum absolute atomic E-state index is 13.5. The van der Waals surface area contributed by atoms with Gasteiger partial charge in [-0.15, -0.1) is 0 Å². The molecule has 2 rings (SSSR count). The molecular weight excluding hydrogens is 486 g/mol. The molecular formula is C29H43N3O4S. The molecule has 0 spiro atoms. The number of carbonyl (C=O) groups is 2. The molecule has 2 amide bonds. The number of anilines is 1. The van der Waals surface area contributed by atoms with Gasteiger partial charge in [0.2, 0.25) is 21.8 Å². The van der Waals surface area contributed by atoms with Crippen LogP contribution in [0.4, 0.5) is 5.69 Å². The number of hydrogen-bond acceptors (Lipinski definition) is 4. The first kappa shape index (κ1) is 30.4. The number of amides is 2. The Balaban J connectivity index is 2.20. The van der Waals surface area contributed by atoms with Gasteiger partial charge in [0, 0.05) is 25.6 Å². The van der Waals surface area contributed by atoms with E-state index in [2.05, 4.69) is 5.32 Å². The summed E-state index contributed by atoms with van der Waals surface area (Å²) in [6, 6.07) is 14.9. The van der Waals surface area contributed by atoms with Gasteiger partial charge in [0.15, 0.2) is 0 Å². The Labute approximate surface area is 223 Å². The van der Waals surface area contributed by atoms with Crippen molar-refractivity contribution in [3.63, 3.8) is 0 Å². The highest BCUT2D eigenvalue weighted by Gasteiger charge is 2.29. The molecule has 0 unspecified atom stereocenters. The Morgan fingerprint density at radius 3 is 2.22 bits per heavy atom. The smallest absolute Gasteiger partial charge is 0.243 e. The summed E-state index contributed by atoms with van der Waals surface area (Å²) in [5.41, 5.74) is 3.63. The molecule has 0 radical (unpaired) electrons. The summed E-state index contributed by atoms with van der Waals surface area (Å²) in [7, 11) is -3.53. The lowest BCUT2D eigenvalue weighted by molar-refractivity contribution is -0.141. The fourth-order valence-corrected chi connectivity index (χ4v) is 5.34. The van der Waals surface area contributed by atoms with Gasteiger partial charge in [0.05, 0.1) is 11.9 Å². The van der Waals surface area contributed by atoms with Crippen LogP contribution in [0.2, 0.25) is 0 Å². The second-order valence-corrected chi connectivity index (χ2v) is 11.6. The third-order valence-electron chi connectivity index (χ3n) is 6.87. The van der Waals surface area contributed by atoms with Crippen LogP contribution in [0.3, 0.4) is 0 Å². The van der Waals surface area contributed by atoms with E-state index in [0.717, 1.165) is 23.1 Å². The monoisotopic (exact) mass is 529 g/mol. The fraction of sp³-hybridized carbons (Fsp3) is 0.517. The summed E-state index contributed by atoms with van der Waals surface area (Å²) in [5, 5.41) is 3.02. The zero-order valence-electron chi connectivity index (χ0n) is 23.2. The second kappa shape index (κ2) is 14.2. The third-order valence-corrected chi connectivity index (χ3v) is 8.05. The number of nitrogens with one attached hydrogen (secondary N) is 1. The topological polar surface area (TPSA) is 86.8 Å². The molecule has 8 heteroatoms. The van der Waals surface area contributed by atoms with Crippen molar-refractivity contribution in [3.05, 3.63) is 65.2 Å². The predicted molar refractivity (Wildman–Crippen MR) is 151 cm³/mol. The van der Waals surface area contributed by atoms with Crippen molar-refractivity contribution in [2.75, 3.05) is 23.7 Å². The van der Waals surface area contributed by atoms with Gasteiger partial charge in [-0.05, 0) is 69.2 Å². The van der Waals surface area contributed by atoms with Crippen molar-refractivity contribution in [1.82, 2.24) is 10.2 Å². The van der Waals surface area contributed by atoms with Crippen LogP contribution in [0.1, 0.15) is 63.1 Å². The lowest BCUT2D eigenvalue weighted by Crippen LogP contribution is -2.51. The minimum absolute atomic E-state index is 0.0218. The number of hydrogen-bond donors (Lipinski definition) is 1. The molecule has 0 aliphatic carbocycles. The Hall–Kier alpha value is -2.87. The van der Waals surface area contributed by atoms with E-state index in [1.54, 1.807) is 11.0 Å². The number of sulfonamides is 1. The highest BCUT2D eigenvalue weighted by molar-refractivity contribution is 7.92. The van der Waals surface area contributed by atoms with E-state index >= 15 is 0 Å². The van der Waals surface area contributed by atoms with Crippen LogP contribution < -0.4 is 9.62 Å². The van der Waals surface area contributed by atoms with Crippen molar-refractivity contribution < 1.29 is 18.0 Å². The zero-order valence-corrected chi connectivity index (χ0v) is 24.0. The first-order valence-electron chi connectivity index (χ1n) is 13.2. The van der Waals surface area contributed by atoms with Gasteiger partial charge in [0.1, 0.15) is 6.04 Å². The molecule has 0 bridgehead atoms. The minimum atomic E-state index is -3.53. The van der Waals surface area contributed by atoms with Gasteiger partial charge in [-0.1, -0.05) is 56.3 Å². The van der Waals surface area contributed by atoms with E-state index < -0.39 is 16.1 Å². The molecule has 2 aromatic rings. The molecule has 0 aromatic heterocycles. The Morgan fingerprint density at radius 1 is 0.946 bits per heavy atom. The van der Waals surface area contributed by atoms with Gasteiger partial charge in [-0.2, -0.15) is 0 Å². The van der Waals surface area contributed by atoms with Crippen molar-refractivity contribution >= 4 is 27.5 Å². The van der Waals surface area contributed by atoms with Crippen LogP contribution in [0.5, 0.6) is 0 Å². The molecule has 0 heterocycles. The molecule has 1 N–H and O–H groups in total. The Bertz CT molecular complexity index is 1140. The Morgan fingerprint density at radius 2 is 1.62 bits per heavy atom. The van der Waals surface area contributed by atoms with Crippen LogP contribution in [-0.2, 0) is 26.0 Å². The summed E-state index contributed by atoms with van der Waals surface area (Å²) in [6.45, 7) is 10.3. The average Bonchev–Trinajstić information content (AvgIpc) is 2.86. The number of carbonyl (C=O) groups excluding carboxylic acids is 2. The Kier molecular flexibility index (Phi) is 11.6. The SMILES string of the molecule is CC[C@@H](C)NC(=O)[C@H](CC)N(CCc1ccccc1)C(=O)CCCN(c1cccc(C)c1C)S(C)(=O)=O. The molecule has 204 valence electrons. The molecule has 7 nitrogen and oxygen atoms in total. The van der Waals surface area contributed by atoms with Crippen LogP contribution in [-0.4, -0.2) is 56.6 Å². The van der Waals surface area contributed by atoms with Crippen LogP contribution in [0.15, 0.2) is 48.5 Å². The van der Waals surface area contributed by atoms with Crippen molar-refractivity contribution in [2.24, 2.45) is 0 Å². The van der Waals surface area contributed by atoms with Crippen molar-refractivity contribution in [1.29, 1.82) is 0 Å². The maximum Gasteiger partial charge on any atom is 0.243 e. The molecule has 2 aromatic carbocycles. The van der Waals surface area contributed by atoms with E-state index in [4.69, 9.17) is 0 Å². The summed E-state index contributed by atoms with van der Waals surface area (Å²) < 4.78 is 26.6. The first-order chi connectivity index (χ1) is 17.5. The molecule has 2 atom stereocenters. The summed E-state index contributed by atoms with van der Waals surface area (Å²) in [4.78, 5) is 28.2. The van der Waals surface area contributed by atoms with Crippen LogP contribution in [0.25, 0.3) is 0 Å². The van der Waals surface area contributed by atoms with E-state index in [-0.39, 0.29) is 30.8 Å². The average molecular weight is 530 g/mol. The fourth-order valence-electron chi connectivity index (χ4n) is 4.33. The molecule has 37 heavy (non-hydrogen) atoms. The second-order valence-electron chi connectivity index (χ2n) is 9.72. The molecule has 0 aliphatic rings. The van der Waals surface area contributed by atoms with E-state index in [0.29, 0.717) is 31.5 Å². The molecule has 0 fully saturated rings. The number of benzene rings is 2. The molecule has 0 saturated carbocycles. The normalized spacial score (nSPS) is 13.0. The van der Waals surface area contributed by atoms with E-state index in [9.17, 15) is 18.0 Å². The first-order valence-corrected chi connectivity index (χ1v) is 15.0. The standard InChI is InChI=1S/C29H43N3O4S/c1-7-23(4)30-29(34)26(8-2)31(21-19-25-15-10-9-11-16-25)28(33)18-13-20-32(37(6,35)36)27-17-12-14-22(3)24(27)5/h9-12,14-17,23,26H,7-8,13,18-21H2,1-6H3,(H,30,34)/t23-,26+/m1/s1. The predicted octanol–water partition coefficient (Wildman–Crippen LogP) is 4.61. The van der Waals surface area contributed by atoms with Gasteiger partial charge >= 0.3 is 0 Å². The maximum atomic E-state index is 13.5. The summed E-state index contributed by atoms with van der Waals surface area (Å²) >= 11 is 0. The number of rotatable bonds is 14. The molecule has 0 saturated heterocycles. The number of nitrogens with zero attached hydrogens (tertiary/aromatic N) is 2. The lowest BCUT2D eigenvalue weighted by Gasteiger charge is -2.32. The highest BCUT2D eigenvalue weighted by atomic mass is 32.2. The third kappa shape index (κ3) is 8.88. The summed E-state index contributed by atoms with van der Waals surface area (Å²) in [6.07, 6.45) is 3.64. The largest absolute Gasteiger partial charge is 0.352 e. The van der Waals surface area contributed by atoms with E-state index in [1.165, 1.54) is 10.6 Å². The van der Waals surface area contributed by atoms with Crippen LogP contribution in [0, 0.1) is 13.8 Å². The van der Waals surface area contributed by atoms with E-state index in [1.807, 2.05) is 77.1 Å². The molecule has 0 aliphatic heterocycles. The van der Waals surface area contributed by atoms with Crippen molar-refractivity contribution in [2.45, 2.75) is 78.8 Å². The quantitative estimate of drug-likeness (QED) is 0.387. The summed E-state index contributed by atoms with van der Waals surface area (Å²) in [5.74, 6) is -0.289.